The third-order valence-corrected chi connectivity index (χ3v) is 4.46. The summed E-state index contributed by atoms with van der Waals surface area (Å²) >= 11 is 0. The highest BCUT2D eigenvalue weighted by Gasteiger charge is 2.13. The Bertz CT molecular complexity index is 583. The van der Waals surface area contributed by atoms with Crippen LogP contribution in [0.3, 0.4) is 0 Å². The number of aryl methyl sites for hydroxylation is 1. The number of likely N-dealkylation sites (N-methyl/N-ethyl adjacent to an activating group) is 1. The van der Waals surface area contributed by atoms with Crippen molar-refractivity contribution >= 4 is 10.9 Å². The second kappa shape index (κ2) is 6.60. The number of hydrogen-bond donors (Lipinski definition) is 2. The van der Waals surface area contributed by atoms with E-state index < -0.39 is 0 Å². The van der Waals surface area contributed by atoms with Gasteiger partial charge in [0.1, 0.15) is 0 Å². The monoisotopic (exact) mass is 286 g/mol. The van der Waals surface area contributed by atoms with Crippen LogP contribution < -0.4 is 5.32 Å². The van der Waals surface area contributed by atoms with Crippen LogP contribution in [0.25, 0.3) is 10.9 Å². The van der Waals surface area contributed by atoms with Crippen molar-refractivity contribution in [2.75, 3.05) is 46.3 Å². The number of nitrogens with one attached hydrogen (secondary N) is 2. The first-order valence-corrected chi connectivity index (χ1v) is 7.92. The molecule has 0 spiro atoms. The van der Waals surface area contributed by atoms with Gasteiger partial charge in [-0.25, -0.2) is 0 Å². The molecular weight excluding hydrogens is 260 g/mol. The quantitative estimate of drug-likeness (QED) is 0.880. The molecule has 2 N–H and O–H groups in total. The molecule has 0 saturated carbocycles. The number of rotatable bonds is 5. The van der Waals surface area contributed by atoms with Crippen LogP contribution in [0.2, 0.25) is 0 Å². The Morgan fingerprint density at radius 3 is 2.76 bits per heavy atom. The van der Waals surface area contributed by atoms with Crippen LogP contribution in [0.5, 0.6) is 0 Å². The third kappa shape index (κ3) is 3.46. The largest absolute Gasteiger partial charge is 0.358 e. The van der Waals surface area contributed by atoms with E-state index in [1.165, 1.54) is 41.8 Å². The summed E-state index contributed by atoms with van der Waals surface area (Å²) in [5.41, 5.74) is 3.99. The molecule has 4 nitrogen and oxygen atoms in total. The van der Waals surface area contributed by atoms with E-state index in [-0.39, 0.29) is 0 Å². The van der Waals surface area contributed by atoms with Gasteiger partial charge >= 0.3 is 0 Å². The molecule has 0 atom stereocenters. The zero-order valence-electron chi connectivity index (χ0n) is 13.2. The molecule has 0 amide bonds. The van der Waals surface area contributed by atoms with Crippen molar-refractivity contribution in [3.05, 3.63) is 35.5 Å². The lowest BCUT2D eigenvalue weighted by molar-refractivity contribution is 0.202. The molecule has 1 aromatic carbocycles. The first-order valence-electron chi connectivity index (χ1n) is 7.92. The van der Waals surface area contributed by atoms with Gasteiger partial charge in [0.05, 0.1) is 0 Å². The van der Waals surface area contributed by atoms with Crippen LogP contribution in [-0.2, 0) is 6.54 Å². The smallest absolute Gasteiger partial charge is 0.0459 e. The highest BCUT2D eigenvalue weighted by atomic mass is 15.2. The first kappa shape index (κ1) is 14.6. The van der Waals surface area contributed by atoms with E-state index in [0.29, 0.717) is 0 Å². The van der Waals surface area contributed by atoms with E-state index in [1.54, 1.807) is 0 Å². The van der Waals surface area contributed by atoms with Gasteiger partial charge < -0.3 is 15.2 Å². The van der Waals surface area contributed by atoms with Gasteiger partial charge in [-0.1, -0.05) is 18.2 Å². The van der Waals surface area contributed by atoms with Gasteiger partial charge in [0.2, 0.25) is 0 Å². The number of hydrogen-bond acceptors (Lipinski definition) is 3. The molecule has 1 aliphatic rings. The maximum atomic E-state index is 3.49. The number of nitrogens with zero attached hydrogens (tertiary/aromatic N) is 2. The van der Waals surface area contributed by atoms with E-state index in [2.05, 4.69) is 58.3 Å². The summed E-state index contributed by atoms with van der Waals surface area (Å²) in [6.07, 6.45) is 0. The number of piperazine rings is 1. The molecule has 0 bridgehead atoms. The average Bonchev–Trinajstić information content (AvgIpc) is 2.82. The van der Waals surface area contributed by atoms with Crippen molar-refractivity contribution in [2.45, 2.75) is 13.5 Å². The van der Waals surface area contributed by atoms with Crippen LogP contribution >= 0.6 is 0 Å². The summed E-state index contributed by atoms with van der Waals surface area (Å²) in [7, 11) is 2.23. The summed E-state index contributed by atoms with van der Waals surface area (Å²) in [6, 6.07) is 8.60. The number of fused-ring (bicyclic) bond motifs is 1. The molecule has 2 heterocycles. The lowest BCUT2D eigenvalue weighted by Crippen LogP contribution is -2.45. The minimum atomic E-state index is 1.02. The Morgan fingerprint density at radius 2 is 1.95 bits per heavy atom. The molecule has 4 heteroatoms. The second-order valence-electron chi connectivity index (χ2n) is 6.10. The summed E-state index contributed by atoms with van der Waals surface area (Å²) in [4.78, 5) is 8.48. The normalized spacial score (nSPS) is 16.9. The maximum absolute atomic E-state index is 3.49. The fraction of sp³-hybridized carbons (Fsp3) is 0.529. The van der Waals surface area contributed by atoms with Crippen LogP contribution in [0.1, 0.15) is 11.3 Å². The zero-order valence-corrected chi connectivity index (χ0v) is 13.2. The molecule has 0 radical (unpaired) electrons. The standard InChI is InChI=1S/C17H26N4/c1-14-16(15-5-3-4-6-17(15)19-14)13-20(2)11-12-21-9-7-18-8-10-21/h3-6,18-19H,7-13H2,1-2H3. The molecule has 21 heavy (non-hydrogen) atoms. The van der Waals surface area contributed by atoms with Gasteiger partial charge in [-0.2, -0.15) is 0 Å². The van der Waals surface area contributed by atoms with Crippen LogP contribution in [0.15, 0.2) is 24.3 Å². The minimum absolute atomic E-state index is 1.02. The molecule has 0 aliphatic carbocycles. The first-order chi connectivity index (χ1) is 10.2. The maximum Gasteiger partial charge on any atom is 0.0459 e. The van der Waals surface area contributed by atoms with Crippen molar-refractivity contribution in [3.63, 3.8) is 0 Å². The Morgan fingerprint density at radius 1 is 1.19 bits per heavy atom. The molecule has 3 rings (SSSR count). The minimum Gasteiger partial charge on any atom is -0.358 e. The topological polar surface area (TPSA) is 34.3 Å². The number of para-hydroxylation sites is 1. The summed E-state index contributed by atoms with van der Waals surface area (Å²) in [5.74, 6) is 0. The van der Waals surface area contributed by atoms with Crippen LogP contribution in [0.4, 0.5) is 0 Å². The average molecular weight is 286 g/mol. The third-order valence-electron chi connectivity index (χ3n) is 4.46. The van der Waals surface area contributed by atoms with Gasteiger partial charge in [-0.05, 0) is 25.6 Å². The molecule has 0 unspecified atom stereocenters. The molecule has 114 valence electrons. The predicted molar refractivity (Wildman–Crippen MR) is 88.7 cm³/mol. The van der Waals surface area contributed by atoms with E-state index in [4.69, 9.17) is 0 Å². The van der Waals surface area contributed by atoms with Crippen molar-refractivity contribution in [2.24, 2.45) is 0 Å². The number of H-pyrrole nitrogens is 1. The Hall–Kier alpha value is -1.36. The molecule has 1 aliphatic heterocycles. The lowest BCUT2D eigenvalue weighted by atomic mass is 10.1. The highest BCUT2D eigenvalue weighted by Crippen LogP contribution is 2.22. The molecule has 2 aromatic rings. The summed E-state index contributed by atoms with van der Waals surface area (Å²) in [5, 5.41) is 4.77. The predicted octanol–water partition coefficient (Wildman–Crippen LogP) is 1.81. The Balaban J connectivity index is 1.60. The number of benzene rings is 1. The van der Waals surface area contributed by atoms with Crippen molar-refractivity contribution in [3.8, 4) is 0 Å². The summed E-state index contributed by atoms with van der Waals surface area (Å²) in [6.45, 7) is 10.1. The van der Waals surface area contributed by atoms with Crippen molar-refractivity contribution in [1.29, 1.82) is 0 Å². The van der Waals surface area contributed by atoms with Crippen LogP contribution in [-0.4, -0.2) is 61.1 Å². The van der Waals surface area contributed by atoms with Crippen molar-refractivity contribution < 1.29 is 0 Å². The Kier molecular flexibility index (Phi) is 4.58. The van der Waals surface area contributed by atoms with E-state index >= 15 is 0 Å². The van der Waals surface area contributed by atoms with Gasteiger partial charge in [0.15, 0.2) is 0 Å². The van der Waals surface area contributed by atoms with E-state index in [1.807, 2.05) is 0 Å². The van der Waals surface area contributed by atoms with Gasteiger partial charge in [-0.3, -0.25) is 4.90 Å². The zero-order chi connectivity index (χ0) is 14.7. The second-order valence-corrected chi connectivity index (χ2v) is 6.10. The lowest BCUT2D eigenvalue weighted by Gasteiger charge is -2.29. The summed E-state index contributed by atoms with van der Waals surface area (Å²) < 4.78 is 0. The van der Waals surface area contributed by atoms with E-state index in [9.17, 15) is 0 Å². The van der Waals surface area contributed by atoms with Crippen LogP contribution in [0, 0.1) is 6.92 Å². The fourth-order valence-electron chi connectivity index (χ4n) is 3.13. The fourth-order valence-corrected chi connectivity index (χ4v) is 3.13. The Labute approximate surface area is 127 Å². The molecule has 1 fully saturated rings. The molecule has 1 aromatic heterocycles. The molecular formula is C17H26N4. The SMILES string of the molecule is Cc1[nH]c2ccccc2c1CN(C)CCN1CCNCC1. The van der Waals surface area contributed by atoms with Crippen molar-refractivity contribution in [1.82, 2.24) is 20.1 Å². The van der Waals surface area contributed by atoms with Gasteiger partial charge in [0.25, 0.3) is 0 Å². The number of aromatic amines is 1. The highest BCUT2D eigenvalue weighted by molar-refractivity contribution is 5.84. The molecule has 1 saturated heterocycles. The van der Waals surface area contributed by atoms with E-state index in [0.717, 1.165) is 26.2 Å². The van der Waals surface area contributed by atoms with Gasteiger partial charge in [-0.15, -0.1) is 0 Å². The van der Waals surface area contributed by atoms with Gasteiger partial charge in [0, 0.05) is 62.4 Å². The number of aromatic nitrogens is 1.